The van der Waals surface area contributed by atoms with Gasteiger partial charge in [0.15, 0.2) is 9.84 Å². The lowest BCUT2D eigenvalue weighted by Gasteiger charge is -2.21. The molecule has 2 aromatic heterocycles. The topological polar surface area (TPSA) is 77.5 Å². The highest BCUT2D eigenvalue weighted by Gasteiger charge is 2.30. The van der Waals surface area contributed by atoms with Gasteiger partial charge in [-0.05, 0) is 25.0 Å². The maximum atomic E-state index is 12.1. The third-order valence-corrected chi connectivity index (χ3v) is 6.05. The van der Waals surface area contributed by atoms with Gasteiger partial charge in [-0.1, -0.05) is 12.5 Å². The van der Waals surface area contributed by atoms with Crippen LogP contribution in [0.5, 0.6) is 0 Å². The lowest BCUT2D eigenvalue weighted by molar-refractivity contribution is 0.534. The zero-order valence-corrected chi connectivity index (χ0v) is 11.4. The number of anilines is 1. The fourth-order valence-corrected chi connectivity index (χ4v) is 4.61. The number of nitrogen functional groups attached to an aromatic ring is 1. The Balaban J connectivity index is 1.97. The standard InChI is InChI=1S/C13H17N3O2S/c14-12-6-3-4-10-9-15-13(16(10)12)8-11-5-1-2-7-19(11,17)18/h3-4,6,9,11H,1-2,5,7-8,14H2. The lowest BCUT2D eigenvalue weighted by atomic mass is 10.1. The fraction of sp³-hybridized carbons (Fsp3) is 0.462. The number of fused-ring (bicyclic) bond motifs is 1. The number of pyridine rings is 1. The Kier molecular flexibility index (Phi) is 2.97. The molecule has 2 aromatic rings. The normalized spacial score (nSPS) is 22.6. The Morgan fingerprint density at radius 3 is 3.00 bits per heavy atom. The molecule has 19 heavy (non-hydrogen) atoms. The van der Waals surface area contributed by atoms with E-state index in [-0.39, 0.29) is 5.25 Å². The maximum Gasteiger partial charge on any atom is 0.153 e. The minimum Gasteiger partial charge on any atom is -0.385 e. The van der Waals surface area contributed by atoms with Crippen LogP contribution in [0, 0.1) is 0 Å². The van der Waals surface area contributed by atoms with Crippen molar-refractivity contribution in [1.82, 2.24) is 9.38 Å². The Hall–Kier alpha value is -1.56. The Labute approximate surface area is 112 Å². The van der Waals surface area contributed by atoms with Gasteiger partial charge in [-0.2, -0.15) is 0 Å². The summed E-state index contributed by atoms with van der Waals surface area (Å²) in [5, 5.41) is -0.313. The number of nitrogens with two attached hydrogens (primary N) is 1. The van der Waals surface area contributed by atoms with Gasteiger partial charge in [0.1, 0.15) is 11.6 Å². The number of sulfone groups is 1. The van der Waals surface area contributed by atoms with E-state index in [0.29, 0.717) is 18.0 Å². The van der Waals surface area contributed by atoms with Crippen molar-refractivity contribution in [2.24, 2.45) is 0 Å². The molecule has 5 nitrogen and oxygen atoms in total. The maximum absolute atomic E-state index is 12.1. The molecule has 1 atom stereocenters. The van der Waals surface area contributed by atoms with Crippen LogP contribution >= 0.6 is 0 Å². The average molecular weight is 279 g/mol. The van der Waals surface area contributed by atoms with Crippen LogP contribution in [0.1, 0.15) is 25.1 Å². The first-order chi connectivity index (χ1) is 9.08. The average Bonchev–Trinajstić information content (AvgIpc) is 2.77. The molecule has 102 valence electrons. The van der Waals surface area contributed by atoms with Gasteiger partial charge in [-0.3, -0.25) is 4.40 Å². The van der Waals surface area contributed by atoms with E-state index in [0.717, 1.165) is 30.6 Å². The number of aromatic nitrogens is 2. The van der Waals surface area contributed by atoms with E-state index in [1.54, 1.807) is 12.3 Å². The van der Waals surface area contributed by atoms with Crippen LogP contribution < -0.4 is 5.73 Å². The molecule has 3 heterocycles. The molecule has 6 heteroatoms. The fourth-order valence-electron chi connectivity index (χ4n) is 2.74. The summed E-state index contributed by atoms with van der Waals surface area (Å²) in [5.74, 6) is 1.64. The molecule has 0 saturated carbocycles. The number of nitrogens with zero attached hydrogens (tertiary/aromatic N) is 2. The van der Waals surface area contributed by atoms with Crippen molar-refractivity contribution in [3.05, 3.63) is 30.2 Å². The van der Waals surface area contributed by atoms with Crippen LogP contribution in [0.15, 0.2) is 24.4 Å². The molecule has 0 aromatic carbocycles. The van der Waals surface area contributed by atoms with Gasteiger partial charge in [0.05, 0.1) is 22.7 Å². The third-order valence-electron chi connectivity index (χ3n) is 3.78. The minimum absolute atomic E-state index is 0.302. The molecular weight excluding hydrogens is 262 g/mol. The number of hydrogen-bond acceptors (Lipinski definition) is 4. The van der Waals surface area contributed by atoms with Crippen LogP contribution in [0.3, 0.4) is 0 Å². The quantitative estimate of drug-likeness (QED) is 0.902. The predicted molar refractivity (Wildman–Crippen MR) is 74.7 cm³/mol. The minimum atomic E-state index is -2.98. The zero-order valence-electron chi connectivity index (χ0n) is 10.6. The third kappa shape index (κ3) is 2.20. The number of rotatable bonds is 2. The first-order valence-electron chi connectivity index (χ1n) is 6.50. The molecule has 1 aliphatic rings. The largest absolute Gasteiger partial charge is 0.385 e. The summed E-state index contributed by atoms with van der Waals surface area (Å²) in [7, 11) is -2.98. The van der Waals surface area contributed by atoms with E-state index >= 15 is 0 Å². The van der Waals surface area contributed by atoms with Crippen LogP contribution in [0.25, 0.3) is 5.52 Å². The van der Waals surface area contributed by atoms with Crippen molar-refractivity contribution in [2.75, 3.05) is 11.5 Å². The van der Waals surface area contributed by atoms with E-state index < -0.39 is 9.84 Å². The predicted octanol–water partition coefficient (Wildman–Crippen LogP) is 1.43. The van der Waals surface area contributed by atoms with Crippen LogP contribution in [-0.2, 0) is 16.3 Å². The van der Waals surface area contributed by atoms with Gasteiger partial charge in [-0.15, -0.1) is 0 Å². The molecule has 0 spiro atoms. The van der Waals surface area contributed by atoms with Crippen LogP contribution in [0.4, 0.5) is 5.82 Å². The van der Waals surface area contributed by atoms with Gasteiger partial charge in [0.25, 0.3) is 0 Å². The summed E-state index contributed by atoms with van der Waals surface area (Å²) in [6.45, 7) is 0. The highest BCUT2D eigenvalue weighted by molar-refractivity contribution is 7.92. The number of imidazole rings is 1. The second-order valence-electron chi connectivity index (χ2n) is 5.07. The summed E-state index contributed by atoms with van der Waals surface area (Å²) in [5.41, 5.74) is 6.85. The van der Waals surface area contributed by atoms with Crippen LogP contribution in [-0.4, -0.2) is 28.8 Å². The summed E-state index contributed by atoms with van der Waals surface area (Å²) in [4.78, 5) is 4.33. The van der Waals surface area contributed by atoms with Gasteiger partial charge >= 0.3 is 0 Å². The first-order valence-corrected chi connectivity index (χ1v) is 8.22. The first kappa shape index (κ1) is 12.5. The molecule has 0 bridgehead atoms. The smallest absolute Gasteiger partial charge is 0.153 e. The van der Waals surface area contributed by atoms with Crippen molar-refractivity contribution in [1.29, 1.82) is 0 Å². The van der Waals surface area contributed by atoms with Gasteiger partial charge < -0.3 is 5.73 Å². The molecule has 0 radical (unpaired) electrons. The van der Waals surface area contributed by atoms with Crippen molar-refractivity contribution in [3.63, 3.8) is 0 Å². The molecule has 3 rings (SSSR count). The molecule has 1 saturated heterocycles. The zero-order chi connectivity index (χ0) is 13.5. The Bertz CT molecular complexity index is 706. The Morgan fingerprint density at radius 2 is 2.21 bits per heavy atom. The second-order valence-corrected chi connectivity index (χ2v) is 7.47. The van der Waals surface area contributed by atoms with Crippen molar-refractivity contribution < 1.29 is 8.42 Å². The van der Waals surface area contributed by atoms with E-state index in [2.05, 4.69) is 4.98 Å². The van der Waals surface area contributed by atoms with E-state index in [4.69, 9.17) is 5.73 Å². The van der Waals surface area contributed by atoms with Gasteiger partial charge in [-0.25, -0.2) is 13.4 Å². The summed E-state index contributed by atoms with van der Waals surface area (Å²) in [6.07, 6.45) is 4.67. The summed E-state index contributed by atoms with van der Waals surface area (Å²) in [6, 6.07) is 5.59. The molecule has 1 unspecified atom stereocenters. The van der Waals surface area contributed by atoms with E-state index in [1.807, 2.05) is 16.5 Å². The molecule has 2 N–H and O–H groups in total. The monoisotopic (exact) mass is 279 g/mol. The Morgan fingerprint density at radius 1 is 1.37 bits per heavy atom. The van der Waals surface area contributed by atoms with Crippen molar-refractivity contribution in [3.8, 4) is 0 Å². The second kappa shape index (κ2) is 4.52. The summed E-state index contributed by atoms with van der Waals surface area (Å²) >= 11 is 0. The van der Waals surface area contributed by atoms with Crippen molar-refractivity contribution >= 4 is 21.2 Å². The molecule has 0 amide bonds. The van der Waals surface area contributed by atoms with Gasteiger partial charge in [0.2, 0.25) is 0 Å². The SMILES string of the molecule is Nc1cccc2cnc(CC3CCCCS3(=O)=O)n12. The molecular formula is C13H17N3O2S. The number of hydrogen-bond donors (Lipinski definition) is 1. The van der Waals surface area contributed by atoms with Crippen LogP contribution in [0.2, 0.25) is 0 Å². The molecule has 0 aliphatic carbocycles. The molecule has 1 aliphatic heterocycles. The van der Waals surface area contributed by atoms with E-state index in [1.165, 1.54) is 0 Å². The van der Waals surface area contributed by atoms with Gasteiger partial charge in [0, 0.05) is 6.42 Å². The molecule has 1 fully saturated rings. The van der Waals surface area contributed by atoms with E-state index in [9.17, 15) is 8.42 Å². The lowest BCUT2D eigenvalue weighted by Crippen LogP contribution is -2.31. The van der Waals surface area contributed by atoms with Crippen molar-refractivity contribution in [2.45, 2.75) is 30.9 Å². The summed E-state index contributed by atoms with van der Waals surface area (Å²) < 4.78 is 26.0. The highest BCUT2D eigenvalue weighted by Crippen LogP contribution is 2.23. The highest BCUT2D eigenvalue weighted by atomic mass is 32.2.